The van der Waals surface area contributed by atoms with Gasteiger partial charge in [-0.05, 0) is 31.4 Å². The molecule has 2 aromatic rings. The van der Waals surface area contributed by atoms with Crippen molar-refractivity contribution in [3.05, 3.63) is 47.2 Å². The highest BCUT2D eigenvalue weighted by molar-refractivity contribution is 6.32. The molecule has 3 aliphatic rings. The van der Waals surface area contributed by atoms with E-state index in [0.717, 1.165) is 31.4 Å². The molecule has 23 heavy (non-hydrogen) atoms. The number of alkyl halides is 1. The minimum atomic E-state index is -0.464. The highest BCUT2D eigenvalue weighted by atomic mass is 35.5. The van der Waals surface area contributed by atoms with Gasteiger partial charge in [0.05, 0.1) is 11.6 Å². The number of para-hydroxylation sites is 1. The SMILES string of the molecule is C/C=C1/CN2CCc3c4n(c5ccccc35)C(=O)C(Cl)[C@H]1C[C@@H]42. The van der Waals surface area contributed by atoms with Gasteiger partial charge in [-0.2, -0.15) is 0 Å². The van der Waals surface area contributed by atoms with Gasteiger partial charge in [0.1, 0.15) is 5.38 Å². The molecule has 3 nitrogen and oxygen atoms in total. The van der Waals surface area contributed by atoms with Crippen LogP contribution in [0.4, 0.5) is 0 Å². The van der Waals surface area contributed by atoms with Crippen LogP contribution in [-0.4, -0.2) is 33.8 Å². The summed E-state index contributed by atoms with van der Waals surface area (Å²) in [6, 6.07) is 8.61. The lowest BCUT2D eigenvalue weighted by molar-refractivity contribution is 0.0898. The molecule has 5 rings (SSSR count). The van der Waals surface area contributed by atoms with Crippen LogP contribution in [0.2, 0.25) is 0 Å². The van der Waals surface area contributed by atoms with Crippen molar-refractivity contribution in [3.63, 3.8) is 0 Å². The highest BCUT2D eigenvalue weighted by Gasteiger charge is 2.46. The standard InChI is InChI=1S/C19H19ClN2O/c1-2-11-10-21-8-7-13-12-5-3-4-6-15(12)22-18(13)16(21)9-14(11)17(20)19(22)23/h2-6,14,16-17H,7-10H2,1H3/b11-2-/t14-,16-,17?/m0/s1. The summed E-state index contributed by atoms with van der Waals surface area (Å²) >= 11 is 6.69. The quantitative estimate of drug-likeness (QED) is 0.544. The number of hydrogen-bond acceptors (Lipinski definition) is 2. The Labute approximate surface area is 140 Å². The zero-order valence-corrected chi connectivity index (χ0v) is 13.9. The number of rotatable bonds is 0. The zero-order chi connectivity index (χ0) is 15.7. The van der Waals surface area contributed by atoms with Gasteiger partial charge in [0.2, 0.25) is 5.91 Å². The fourth-order valence-corrected chi connectivity index (χ4v) is 5.23. The third-order valence-corrected chi connectivity index (χ3v) is 6.44. The van der Waals surface area contributed by atoms with E-state index in [0.29, 0.717) is 6.04 Å². The number of carbonyl (C=O) groups excluding carboxylic acids is 1. The first-order valence-corrected chi connectivity index (χ1v) is 8.84. The number of halogens is 1. The summed E-state index contributed by atoms with van der Waals surface area (Å²) in [5, 5.41) is 0.767. The number of piperidine rings is 1. The van der Waals surface area contributed by atoms with Crippen molar-refractivity contribution in [1.82, 2.24) is 9.47 Å². The largest absolute Gasteiger partial charge is 0.291 e. The van der Waals surface area contributed by atoms with E-state index in [1.807, 2.05) is 10.6 Å². The molecule has 1 unspecified atom stereocenters. The average Bonchev–Trinajstić information content (AvgIpc) is 2.89. The van der Waals surface area contributed by atoms with Crippen LogP contribution in [0.5, 0.6) is 0 Å². The molecule has 0 aliphatic carbocycles. The number of hydrogen-bond donors (Lipinski definition) is 0. The van der Waals surface area contributed by atoms with Crippen LogP contribution in [-0.2, 0) is 6.42 Å². The van der Waals surface area contributed by atoms with Crippen molar-refractivity contribution in [3.8, 4) is 0 Å². The summed E-state index contributed by atoms with van der Waals surface area (Å²) in [6.45, 7) is 4.08. The first kappa shape index (κ1) is 13.8. The van der Waals surface area contributed by atoms with Gasteiger partial charge in [-0.25, -0.2) is 0 Å². The Morgan fingerprint density at radius 1 is 1.30 bits per heavy atom. The second-order valence-corrected chi connectivity index (χ2v) is 7.37. The van der Waals surface area contributed by atoms with Crippen molar-refractivity contribution in [2.24, 2.45) is 5.92 Å². The monoisotopic (exact) mass is 326 g/mol. The Hall–Kier alpha value is -1.58. The summed E-state index contributed by atoms with van der Waals surface area (Å²) in [6.07, 6.45) is 4.14. The molecule has 0 amide bonds. The predicted octanol–water partition coefficient (Wildman–Crippen LogP) is 3.77. The van der Waals surface area contributed by atoms with Gasteiger partial charge < -0.3 is 0 Å². The van der Waals surface area contributed by atoms with Crippen LogP contribution < -0.4 is 0 Å². The van der Waals surface area contributed by atoms with Crippen LogP contribution in [0.3, 0.4) is 0 Å². The zero-order valence-electron chi connectivity index (χ0n) is 13.1. The topological polar surface area (TPSA) is 25.2 Å². The molecule has 4 heterocycles. The van der Waals surface area contributed by atoms with E-state index in [9.17, 15) is 4.79 Å². The first-order valence-electron chi connectivity index (χ1n) is 8.40. The molecule has 4 heteroatoms. The van der Waals surface area contributed by atoms with Gasteiger partial charge in [-0.15, -0.1) is 11.6 Å². The molecule has 0 saturated carbocycles. The second-order valence-electron chi connectivity index (χ2n) is 6.90. The van der Waals surface area contributed by atoms with E-state index >= 15 is 0 Å². The molecule has 1 fully saturated rings. The molecule has 0 N–H and O–H groups in total. The van der Waals surface area contributed by atoms with E-state index in [2.05, 4.69) is 36.1 Å². The van der Waals surface area contributed by atoms with Crippen LogP contribution in [0.1, 0.15) is 35.4 Å². The first-order chi connectivity index (χ1) is 11.2. The Kier molecular flexibility index (Phi) is 2.83. The average molecular weight is 327 g/mol. The third kappa shape index (κ3) is 1.67. The van der Waals surface area contributed by atoms with Crippen LogP contribution in [0.15, 0.2) is 35.9 Å². The van der Waals surface area contributed by atoms with E-state index in [-0.39, 0.29) is 11.8 Å². The van der Waals surface area contributed by atoms with E-state index < -0.39 is 5.38 Å². The summed E-state index contributed by atoms with van der Waals surface area (Å²) in [4.78, 5) is 15.7. The number of carbonyl (C=O) groups is 1. The Bertz CT molecular complexity index is 866. The van der Waals surface area contributed by atoms with Crippen molar-refractivity contribution in [2.75, 3.05) is 13.1 Å². The fraction of sp³-hybridized carbons (Fsp3) is 0.421. The van der Waals surface area contributed by atoms with Gasteiger partial charge in [-0.3, -0.25) is 14.3 Å². The maximum atomic E-state index is 13.2. The molecule has 0 spiro atoms. The smallest absolute Gasteiger partial charge is 0.250 e. The van der Waals surface area contributed by atoms with Crippen molar-refractivity contribution < 1.29 is 4.79 Å². The van der Waals surface area contributed by atoms with Gasteiger partial charge in [0.25, 0.3) is 0 Å². The minimum Gasteiger partial charge on any atom is -0.291 e. The lowest BCUT2D eigenvalue weighted by Crippen LogP contribution is -2.43. The maximum absolute atomic E-state index is 13.2. The van der Waals surface area contributed by atoms with Gasteiger partial charge in [0, 0.05) is 30.1 Å². The molecule has 1 aromatic heterocycles. The normalized spacial score (nSPS) is 31.7. The highest BCUT2D eigenvalue weighted by Crippen LogP contribution is 2.48. The summed E-state index contributed by atoms with van der Waals surface area (Å²) in [5.74, 6) is 0.222. The molecule has 118 valence electrons. The molecule has 2 bridgehead atoms. The molecular formula is C19H19ClN2O. The Morgan fingerprint density at radius 3 is 2.96 bits per heavy atom. The number of nitrogens with zero attached hydrogens (tertiary/aromatic N) is 2. The number of aromatic nitrogens is 1. The number of fused-ring (bicyclic) bond motifs is 4. The number of allylic oxidation sites excluding steroid dienone is 1. The van der Waals surface area contributed by atoms with Crippen molar-refractivity contribution in [2.45, 2.75) is 31.2 Å². The van der Waals surface area contributed by atoms with E-state index in [4.69, 9.17) is 11.6 Å². The lowest BCUT2D eigenvalue weighted by Gasteiger charge is -2.43. The molecule has 3 aliphatic heterocycles. The fourth-order valence-electron chi connectivity index (χ4n) is 4.86. The lowest BCUT2D eigenvalue weighted by atomic mass is 9.81. The van der Waals surface area contributed by atoms with Gasteiger partial charge in [0.15, 0.2) is 0 Å². The second kappa shape index (κ2) is 4.71. The summed E-state index contributed by atoms with van der Waals surface area (Å²) in [7, 11) is 0. The minimum absolute atomic E-state index is 0.0553. The molecule has 1 aromatic carbocycles. The van der Waals surface area contributed by atoms with E-state index in [1.165, 1.54) is 22.2 Å². The Morgan fingerprint density at radius 2 is 2.13 bits per heavy atom. The summed E-state index contributed by atoms with van der Waals surface area (Å²) in [5.41, 5.74) is 4.94. The maximum Gasteiger partial charge on any atom is 0.250 e. The summed E-state index contributed by atoms with van der Waals surface area (Å²) < 4.78 is 1.94. The van der Waals surface area contributed by atoms with Gasteiger partial charge in [-0.1, -0.05) is 29.8 Å². The van der Waals surface area contributed by atoms with Gasteiger partial charge >= 0.3 is 0 Å². The molecule has 0 radical (unpaired) electrons. The van der Waals surface area contributed by atoms with E-state index in [1.54, 1.807) is 0 Å². The molecule has 1 saturated heterocycles. The third-order valence-electron chi connectivity index (χ3n) is 5.95. The van der Waals surface area contributed by atoms with Crippen molar-refractivity contribution in [1.29, 1.82) is 0 Å². The van der Waals surface area contributed by atoms with Crippen LogP contribution in [0.25, 0.3) is 10.9 Å². The Balaban J connectivity index is 1.85. The predicted molar refractivity (Wildman–Crippen MR) is 92.1 cm³/mol. The molecule has 3 atom stereocenters. The van der Waals surface area contributed by atoms with Crippen LogP contribution >= 0.6 is 11.6 Å². The number of benzene rings is 1. The molecular weight excluding hydrogens is 308 g/mol. The van der Waals surface area contributed by atoms with Crippen molar-refractivity contribution >= 4 is 28.4 Å². The van der Waals surface area contributed by atoms with Crippen LogP contribution in [0, 0.1) is 5.92 Å².